The first-order valence-corrected chi connectivity index (χ1v) is 12.6. The number of allylic oxidation sites excluding steroid dienone is 2. The van der Waals surface area contributed by atoms with Gasteiger partial charge in [0.05, 0.1) is 35.1 Å². The molecule has 4 aromatic rings. The molecule has 188 valence electrons. The predicted molar refractivity (Wildman–Crippen MR) is 157 cm³/mol. The van der Waals surface area contributed by atoms with Crippen molar-refractivity contribution in [3.63, 3.8) is 0 Å². The summed E-state index contributed by atoms with van der Waals surface area (Å²) >= 11 is 0. The smallest absolute Gasteiger partial charge is 0.245 e. The van der Waals surface area contributed by atoms with Crippen molar-refractivity contribution < 1.29 is 9.13 Å². The second-order valence-corrected chi connectivity index (χ2v) is 9.57. The largest absolute Gasteiger partial charge is 0.354 e. The van der Waals surface area contributed by atoms with E-state index in [1.807, 2.05) is 73.4 Å². The Hall–Kier alpha value is -4.84. The number of aliphatic imine (C=N–C) groups is 2. The van der Waals surface area contributed by atoms with Crippen molar-refractivity contribution in [1.82, 2.24) is 0 Å². The van der Waals surface area contributed by atoms with Gasteiger partial charge in [0.2, 0.25) is 11.4 Å². The van der Waals surface area contributed by atoms with Crippen molar-refractivity contribution in [2.45, 2.75) is 27.7 Å². The first-order valence-electron chi connectivity index (χ1n) is 12.6. The number of benzene rings is 2. The van der Waals surface area contributed by atoms with Crippen molar-refractivity contribution in [1.29, 1.82) is 0 Å². The summed E-state index contributed by atoms with van der Waals surface area (Å²) < 4.78 is 4.17. The van der Waals surface area contributed by atoms with E-state index in [2.05, 4.69) is 84.4 Å². The molecule has 1 aliphatic heterocycles. The van der Waals surface area contributed by atoms with Crippen LogP contribution in [0.3, 0.4) is 0 Å². The molecular formula is C32H32N6+2. The fraction of sp³-hybridized carbons (Fsp3) is 0.125. The van der Waals surface area contributed by atoms with Crippen LogP contribution in [0, 0.1) is 27.7 Å². The number of rotatable bonds is 2. The second-order valence-electron chi connectivity index (χ2n) is 9.57. The fourth-order valence-electron chi connectivity index (χ4n) is 4.47. The van der Waals surface area contributed by atoms with Gasteiger partial charge in [0.25, 0.3) is 0 Å². The first kappa shape index (κ1) is 24.8. The molecule has 3 heterocycles. The molecule has 0 bridgehead atoms. The summed E-state index contributed by atoms with van der Waals surface area (Å²) in [5.41, 5.74) is 9.94. The number of fused-ring (bicyclic) bond motifs is 2. The first-order chi connectivity index (χ1) is 18.4. The van der Waals surface area contributed by atoms with E-state index in [9.17, 15) is 0 Å². The van der Waals surface area contributed by atoms with Gasteiger partial charge in [-0.15, -0.1) is 0 Å². The minimum Gasteiger partial charge on any atom is -0.354 e. The van der Waals surface area contributed by atoms with E-state index in [1.54, 1.807) is 0 Å². The topological polar surface area (TPSA) is 56.5 Å². The number of nitrogens with zero attached hydrogens (tertiary/aromatic N) is 4. The zero-order chi connectivity index (χ0) is 26.5. The van der Waals surface area contributed by atoms with Crippen LogP contribution in [0.5, 0.6) is 0 Å². The van der Waals surface area contributed by atoms with E-state index in [-0.39, 0.29) is 0 Å². The van der Waals surface area contributed by atoms with Crippen molar-refractivity contribution in [3.05, 3.63) is 120 Å². The van der Waals surface area contributed by atoms with Gasteiger partial charge in [-0.1, -0.05) is 24.3 Å². The number of nitrogens with one attached hydrogen (secondary N) is 2. The van der Waals surface area contributed by atoms with Gasteiger partial charge in [0.15, 0.2) is 24.8 Å². The van der Waals surface area contributed by atoms with Gasteiger partial charge in [-0.05, 0) is 64.1 Å². The number of hydrogen-bond acceptors (Lipinski definition) is 4. The lowest BCUT2D eigenvalue weighted by atomic mass is 10.2. The standard InChI is InChI=1S/C32H32N6/c1-23-13-24(2)20-37(19-23)27-15-33-29-9-5-7-11-31(29)35-17-28(38-21-25(3)14-26(4)22-38)18-36-32-12-8-6-10-30(32)34-16-27/h5-22,33,36H,1-4H3/q+2. The van der Waals surface area contributed by atoms with Gasteiger partial charge >= 0.3 is 0 Å². The maximum Gasteiger partial charge on any atom is 0.245 e. The molecule has 6 heteroatoms. The molecule has 0 radical (unpaired) electrons. The number of aryl methyl sites for hydroxylation is 4. The van der Waals surface area contributed by atoms with Gasteiger partial charge in [0, 0.05) is 22.3 Å². The normalized spacial score (nSPS) is 13.3. The van der Waals surface area contributed by atoms with Crippen molar-refractivity contribution in [2.75, 3.05) is 10.6 Å². The zero-order valence-electron chi connectivity index (χ0n) is 22.2. The molecular weight excluding hydrogens is 468 g/mol. The summed E-state index contributed by atoms with van der Waals surface area (Å²) in [6, 6.07) is 20.4. The highest BCUT2D eigenvalue weighted by Gasteiger charge is 2.14. The van der Waals surface area contributed by atoms with E-state index in [0.29, 0.717) is 0 Å². The Morgan fingerprint density at radius 1 is 0.526 bits per heavy atom. The summed E-state index contributed by atoms with van der Waals surface area (Å²) in [6.45, 7) is 8.38. The third kappa shape index (κ3) is 5.93. The minimum atomic E-state index is 0.832. The SMILES string of the molecule is Cc1cc(C)c[n+](C2=CNc3ccccc3N=CC([n+]3cc(C)cc(C)c3)=CNc3ccccc3N=C2)c1. The van der Waals surface area contributed by atoms with Crippen LogP contribution in [0.4, 0.5) is 22.7 Å². The van der Waals surface area contributed by atoms with E-state index in [4.69, 9.17) is 9.98 Å². The van der Waals surface area contributed by atoms with Crippen molar-refractivity contribution in [3.8, 4) is 0 Å². The summed E-state index contributed by atoms with van der Waals surface area (Å²) in [5, 5.41) is 6.94. The van der Waals surface area contributed by atoms with Crippen LogP contribution >= 0.6 is 0 Å². The third-order valence-electron chi connectivity index (χ3n) is 6.11. The van der Waals surface area contributed by atoms with E-state index in [0.717, 1.165) is 34.1 Å². The molecule has 0 saturated carbocycles. The van der Waals surface area contributed by atoms with Crippen LogP contribution < -0.4 is 19.8 Å². The zero-order valence-corrected chi connectivity index (χ0v) is 22.2. The van der Waals surface area contributed by atoms with Gasteiger partial charge < -0.3 is 10.6 Å². The van der Waals surface area contributed by atoms with Crippen LogP contribution in [-0.4, -0.2) is 12.4 Å². The molecule has 0 amide bonds. The van der Waals surface area contributed by atoms with Crippen molar-refractivity contribution >= 4 is 46.6 Å². The van der Waals surface area contributed by atoms with Crippen LogP contribution in [0.2, 0.25) is 0 Å². The summed E-state index contributed by atoms with van der Waals surface area (Å²) in [5.74, 6) is 0. The highest BCUT2D eigenvalue weighted by molar-refractivity contribution is 6.02. The number of anilines is 2. The van der Waals surface area contributed by atoms with E-state index in [1.165, 1.54) is 22.3 Å². The average molecular weight is 501 g/mol. The molecule has 0 saturated heterocycles. The highest BCUT2D eigenvalue weighted by Crippen LogP contribution is 2.27. The number of aromatic nitrogens is 2. The van der Waals surface area contributed by atoms with Gasteiger partial charge in [-0.2, -0.15) is 9.13 Å². The second kappa shape index (κ2) is 11.0. The van der Waals surface area contributed by atoms with Crippen LogP contribution in [0.1, 0.15) is 22.3 Å². The predicted octanol–water partition coefficient (Wildman–Crippen LogP) is 6.43. The molecule has 0 aliphatic carbocycles. The van der Waals surface area contributed by atoms with Crippen molar-refractivity contribution in [2.24, 2.45) is 9.98 Å². The number of pyridine rings is 2. The highest BCUT2D eigenvalue weighted by atomic mass is 15.0. The molecule has 5 rings (SSSR count). The molecule has 0 atom stereocenters. The lowest BCUT2D eigenvalue weighted by Crippen LogP contribution is -2.34. The molecule has 1 aliphatic rings. The van der Waals surface area contributed by atoms with Crippen LogP contribution in [0.25, 0.3) is 11.4 Å². The molecule has 0 fully saturated rings. The summed E-state index contributed by atoms with van der Waals surface area (Å²) in [4.78, 5) is 9.78. The van der Waals surface area contributed by atoms with E-state index < -0.39 is 0 Å². The third-order valence-corrected chi connectivity index (χ3v) is 6.11. The minimum absolute atomic E-state index is 0.832. The summed E-state index contributed by atoms with van der Waals surface area (Å²) in [7, 11) is 0. The Morgan fingerprint density at radius 2 is 0.895 bits per heavy atom. The lowest BCUT2D eigenvalue weighted by molar-refractivity contribution is -0.576. The van der Waals surface area contributed by atoms with Gasteiger partial charge in [-0.3, -0.25) is 0 Å². The number of para-hydroxylation sites is 4. The molecule has 0 spiro atoms. The Kier molecular flexibility index (Phi) is 7.22. The lowest BCUT2D eigenvalue weighted by Gasteiger charge is -2.08. The molecule has 2 N–H and O–H groups in total. The Bertz CT molecular complexity index is 1450. The molecule has 38 heavy (non-hydrogen) atoms. The Morgan fingerprint density at radius 3 is 1.29 bits per heavy atom. The maximum absolute atomic E-state index is 4.89. The Balaban J connectivity index is 1.66. The maximum atomic E-state index is 4.89. The van der Waals surface area contributed by atoms with Gasteiger partial charge in [0.1, 0.15) is 12.4 Å². The molecule has 6 nitrogen and oxygen atoms in total. The molecule has 2 aromatic heterocycles. The van der Waals surface area contributed by atoms with E-state index >= 15 is 0 Å². The van der Waals surface area contributed by atoms with Crippen LogP contribution in [0.15, 0.2) is 108 Å². The summed E-state index contributed by atoms with van der Waals surface area (Å²) in [6.07, 6.45) is 16.1. The molecule has 2 aromatic carbocycles. The van der Waals surface area contributed by atoms with Gasteiger partial charge in [-0.25, -0.2) is 9.98 Å². The monoisotopic (exact) mass is 500 g/mol. The quantitative estimate of drug-likeness (QED) is 0.312. The molecule has 0 unspecified atom stereocenters. The van der Waals surface area contributed by atoms with Crippen LogP contribution in [-0.2, 0) is 0 Å². The Labute approximate surface area is 224 Å². The fourth-order valence-corrected chi connectivity index (χ4v) is 4.47. The number of hydrogen-bond donors (Lipinski definition) is 2. The average Bonchev–Trinajstić information content (AvgIpc) is 2.88.